The highest BCUT2D eigenvalue weighted by Crippen LogP contribution is 1.96. The number of quaternary nitrogens is 1. The third-order valence-corrected chi connectivity index (χ3v) is 4.33. The van der Waals surface area contributed by atoms with E-state index in [9.17, 15) is 10.2 Å². The third-order valence-electron chi connectivity index (χ3n) is 4.33. The number of aliphatic hydroxyl groups excluding tert-OH is 2. The molecule has 0 amide bonds. The van der Waals surface area contributed by atoms with Gasteiger partial charge >= 0.3 is 0 Å². The van der Waals surface area contributed by atoms with Gasteiger partial charge < -0.3 is 34.1 Å². The van der Waals surface area contributed by atoms with Crippen molar-refractivity contribution in [2.45, 2.75) is 52.1 Å². The van der Waals surface area contributed by atoms with Gasteiger partial charge in [-0.2, -0.15) is 0 Å². The van der Waals surface area contributed by atoms with Gasteiger partial charge in [-0.05, 0) is 27.7 Å². The molecule has 1 rings (SSSR count). The van der Waals surface area contributed by atoms with Crippen LogP contribution in [0, 0.1) is 0 Å². The maximum absolute atomic E-state index is 9.19. The first-order valence-corrected chi connectivity index (χ1v) is 10.2. The smallest absolute Gasteiger partial charge is 0.133 e. The van der Waals surface area contributed by atoms with E-state index in [-0.39, 0.29) is 12.2 Å². The van der Waals surface area contributed by atoms with Crippen molar-refractivity contribution < 1.29 is 34.1 Å². The summed E-state index contributed by atoms with van der Waals surface area (Å²) in [5.41, 5.74) is 0. The standard InChI is InChI=1S/C19H40N2O6/c1-16(22)11-26-18(3)13-24-9-7-20-5-6-21(15-20)8-10-25-14-19(4)27-12-17(2)23/h16-19,22-23H,5-15H2,1-4H3/p+1. The monoisotopic (exact) mass is 393 g/mol. The zero-order chi connectivity index (χ0) is 20.1. The first-order chi connectivity index (χ1) is 12.9. The molecule has 0 radical (unpaired) electrons. The van der Waals surface area contributed by atoms with Crippen molar-refractivity contribution in [2.75, 3.05) is 72.5 Å². The van der Waals surface area contributed by atoms with E-state index in [1.165, 1.54) is 4.90 Å². The molecule has 0 aromatic rings. The number of hydrogen-bond acceptors (Lipinski definition) is 7. The van der Waals surface area contributed by atoms with Crippen molar-refractivity contribution >= 4 is 0 Å². The van der Waals surface area contributed by atoms with E-state index in [1.807, 2.05) is 13.8 Å². The molecule has 27 heavy (non-hydrogen) atoms. The van der Waals surface area contributed by atoms with Crippen molar-refractivity contribution in [1.29, 1.82) is 0 Å². The fraction of sp³-hybridized carbons (Fsp3) is 1.00. The largest absolute Gasteiger partial charge is 0.391 e. The van der Waals surface area contributed by atoms with Gasteiger partial charge in [0.1, 0.15) is 13.2 Å². The molecular formula is C19H41N2O6+. The van der Waals surface area contributed by atoms with E-state index in [4.69, 9.17) is 18.9 Å². The summed E-state index contributed by atoms with van der Waals surface area (Å²) in [6, 6.07) is 0. The second-order valence-corrected chi connectivity index (χ2v) is 7.66. The zero-order valence-corrected chi connectivity index (χ0v) is 17.6. The van der Waals surface area contributed by atoms with Gasteiger partial charge in [-0.25, -0.2) is 4.90 Å². The van der Waals surface area contributed by atoms with Gasteiger partial charge in [-0.3, -0.25) is 0 Å². The predicted molar refractivity (Wildman–Crippen MR) is 103 cm³/mol. The van der Waals surface area contributed by atoms with Crippen LogP contribution in [0.5, 0.6) is 0 Å². The number of aliphatic hydroxyl groups is 2. The van der Waals surface area contributed by atoms with Crippen LogP contribution in [0.25, 0.3) is 0 Å². The van der Waals surface area contributed by atoms with Crippen LogP contribution >= 0.6 is 0 Å². The van der Waals surface area contributed by atoms with E-state index in [0.717, 1.165) is 39.5 Å². The van der Waals surface area contributed by atoms with Crippen LogP contribution in [-0.2, 0) is 18.9 Å². The fourth-order valence-corrected chi connectivity index (χ4v) is 2.80. The molecular weight excluding hydrogens is 352 g/mol. The Morgan fingerprint density at radius 1 is 0.852 bits per heavy atom. The summed E-state index contributed by atoms with van der Waals surface area (Å²) in [5, 5.41) is 18.4. The van der Waals surface area contributed by atoms with Crippen LogP contribution < -0.4 is 4.90 Å². The van der Waals surface area contributed by atoms with E-state index in [2.05, 4.69) is 4.90 Å². The molecule has 0 spiro atoms. The molecule has 0 aromatic heterocycles. The molecule has 5 atom stereocenters. The lowest BCUT2D eigenvalue weighted by molar-refractivity contribution is -0.892. The van der Waals surface area contributed by atoms with Crippen LogP contribution in [0.15, 0.2) is 0 Å². The molecule has 1 fully saturated rings. The molecule has 0 bridgehead atoms. The van der Waals surface area contributed by atoms with Gasteiger partial charge in [0.05, 0.1) is 77.1 Å². The van der Waals surface area contributed by atoms with Crippen LogP contribution in [-0.4, -0.2) is 112 Å². The zero-order valence-electron chi connectivity index (χ0n) is 17.6. The summed E-state index contributed by atoms with van der Waals surface area (Å²) >= 11 is 0. The average molecular weight is 394 g/mol. The van der Waals surface area contributed by atoms with Gasteiger partial charge in [0, 0.05) is 6.54 Å². The number of hydrogen-bond donors (Lipinski definition) is 3. The minimum atomic E-state index is -0.435. The normalized spacial score (nSPS) is 22.7. The SMILES string of the molecule is CC(O)COC(C)COCCN1CC[NH+](CCOCC(C)OCC(C)O)C1. The molecule has 0 aromatic carbocycles. The molecule has 1 aliphatic heterocycles. The first kappa shape index (κ1) is 24.7. The maximum atomic E-state index is 9.19. The van der Waals surface area contributed by atoms with Crippen LogP contribution in [0.4, 0.5) is 0 Å². The lowest BCUT2D eigenvalue weighted by atomic mass is 10.4. The van der Waals surface area contributed by atoms with E-state index >= 15 is 0 Å². The first-order valence-electron chi connectivity index (χ1n) is 10.2. The highest BCUT2D eigenvalue weighted by Gasteiger charge is 2.22. The molecule has 0 saturated carbocycles. The highest BCUT2D eigenvalue weighted by atomic mass is 16.5. The van der Waals surface area contributed by atoms with Gasteiger partial charge in [0.2, 0.25) is 0 Å². The Morgan fingerprint density at radius 2 is 1.41 bits per heavy atom. The molecule has 8 heteroatoms. The summed E-state index contributed by atoms with van der Waals surface area (Å²) < 4.78 is 22.3. The summed E-state index contributed by atoms with van der Waals surface area (Å²) in [5.74, 6) is 0. The van der Waals surface area contributed by atoms with E-state index < -0.39 is 12.2 Å². The van der Waals surface area contributed by atoms with Crippen molar-refractivity contribution in [3.8, 4) is 0 Å². The molecule has 1 aliphatic rings. The Morgan fingerprint density at radius 3 is 1.96 bits per heavy atom. The van der Waals surface area contributed by atoms with Crippen molar-refractivity contribution in [3.05, 3.63) is 0 Å². The molecule has 1 heterocycles. The summed E-state index contributed by atoms with van der Waals surface area (Å²) in [4.78, 5) is 3.94. The number of ether oxygens (including phenoxy) is 4. The number of nitrogens with one attached hydrogen (secondary N) is 1. The highest BCUT2D eigenvalue weighted by molar-refractivity contribution is 4.58. The Balaban J connectivity index is 1.97. The van der Waals surface area contributed by atoms with Gasteiger partial charge in [0.15, 0.2) is 0 Å². The van der Waals surface area contributed by atoms with Gasteiger partial charge in [-0.15, -0.1) is 0 Å². The Hall–Kier alpha value is -0.320. The molecule has 162 valence electrons. The quantitative estimate of drug-likeness (QED) is 0.283. The average Bonchev–Trinajstić information content (AvgIpc) is 3.06. The van der Waals surface area contributed by atoms with Gasteiger partial charge in [-0.1, -0.05) is 0 Å². The second kappa shape index (κ2) is 14.6. The summed E-state index contributed by atoms with van der Waals surface area (Å²) in [6.07, 6.45) is -0.857. The fourth-order valence-electron chi connectivity index (χ4n) is 2.80. The minimum Gasteiger partial charge on any atom is -0.391 e. The predicted octanol–water partition coefficient (Wildman–Crippen LogP) is -1.25. The van der Waals surface area contributed by atoms with E-state index in [0.29, 0.717) is 33.0 Å². The second-order valence-electron chi connectivity index (χ2n) is 7.66. The summed E-state index contributed by atoms with van der Waals surface area (Å²) in [6.45, 7) is 15.7. The minimum absolute atomic E-state index is 0.00408. The third kappa shape index (κ3) is 13.5. The van der Waals surface area contributed by atoms with Crippen molar-refractivity contribution in [2.24, 2.45) is 0 Å². The van der Waals surface area contributed by atoms with Crippen LogP contribution in [0.1, 0.15) is 27.7 Å². The molecule has 1 saturated heterocycles. The molecule has 3 N–H and O–H groups in total. The summed E-state index contributed by atoms with van der Waals surface area (Å²) in [7, 11) is 0. The molecule has 0 aliphatic carbocycles. The van der Waals surface area contributed by atoms with Crippen molar-refractivity contribution in [3.63, 3.8) is 0 Å². The lowest BCUT2D eigenvalue weighted by Gasteiger charge is -2.18. The van der Waals surface area contributed by atoms with Crippen LogP contribution in [0.3, 0.4) is 0 Å². The maximum Gasteiger partial charge on any atom is 0.133 e. The topological polar surface area (TPSA) is 85.1 Å². The lowest BCUT2D eigenvalue weighted by Crippen LogP contribution is -3.11. The Kier molecular flexibility index (Phi) is 13.4. The van der Waals surface area contributed by atoms with Crippen LogP contribution in [0.2, 0.25) is 0 Å². The Labute approximate surface area is 164 Å². The molecule has 5 unspecified atom stereocenters. The number of rotatable bonds is 16. The van der Waals surface area contributed by atoms with Crippen molar-refractivity contribution in [1.82, 2.24) is 4.90 Å². The van der Waals surface area contributed by atoms with E-state index in [1.54, 1.807) is 13.8 Å². The van der Waals surface area contributed by atoms with Gasteiger partial charge in [0.25, 0.3) is 0 Å². The number of nitrogens with zero attached hydrogens (tertiary/aromatic N) is 1. The molecule has 8 nitrogen and oxygen atoms in total. The Bertz CT molecular complexity index is 327.